The van der Waals surface area contributed by atoms with E-state index in [4.69, 9.17) is 0 Å². The molecule has 1 aliphatic rings. The molecule has 0 radical (unpaired) electrons. The molecular formula is C23H28N6. The highest BCUT2D eigenvalue weighted by atomic mass is 15.2. The van der Waals surface area contributed by atoms with Gasteiger partial charge in [0.25, 0.3) is 0 Å². The van der Waals surface area contributed by atoms with Gasteiger partial charge in [-0.25, -0.2) is 9.97 Å². The minimum absolute atomic E-state index is 0.765. The highest BCUT2D eigenvalue weighted by molar-refractivity contribution is 5.67. The first-order chi connectivity index (χ1) is 14.1. The lowest BCUT2D eigenvalue weighted by molar-refractivity contribution is 0.313. The third-order valence-corrected chi connectivity index (χ3v) is 5.41. The molecule has 2 heterocycles. The molecule has 1 saturated heterocycles. The third-order valence-electron chi connectivity index (χ3n) is 5.41. The fraction of sp³-hybridized carbons (Fsp3) is 0.304. The van der Waals surface area contributed by atoms with Crippen LogP contribution in [0.3, 0.4) is 0 Å². The quantitative estimate of drug-likeness (QED) is 0.678. The molecular weight excluding hydrogens is 360 g/mol. The molecule has 3 aromatic rings. The molecule has 0 atom stereocenters. The Labute approximate surface area is 172 Å². The van der Waals surface area contributed by atoms with E-state index >= 15 is 0 Å². The number of hydrogen-bond donors (Lipinski definition) is 2. The second-order valence-corrected chi connectivity index (χ2v) is 7.64. The van der Waals surface area contributed by atoms with Crippen molar-refractivity contribution in [2.75, 3.05) is 48.8 Å². The molecule has 150 valence electrons. The number of nitrogens with zero attached hydrogens (tertiary/aromatic N) is 4. The zero-order valence-corrected chi connectivity index (χ0v) is 17.3. The second-order valence-electron chi connectivity index (χ2n) is 7.64. The van der Waals surface area contributed by atoms with E-state index < -0.39 is 0 Å². The molecule has 0 bridgehead atoms. The number of aromatic nitrogens is 2. The topological polar surface area (TPSA) is 56.3 Å². The first-order valence-corrected chi connectivity index (χ1v) is 10.0. The number of anilines is 5. The Morgan fingerprint density at radius 1 is 0.793 bits per heavy atom. The van der Waals surface area contributed by atoms with Gasteiger partial charge in [0, 0.05) is 49.3 Å². The van der Waals surface area contributed by atoms with Gasteiger partial charge in [0.2, 0.25) is 0 Å². The SMILES string of the molecule is Cc1cccc(C)c1Nc1cc(Nc2ccc(N3CCN(C)CC3)cc2)ncn1. The van der Waals surface area contributed by atoms with Crippen LogP contribution in [-0.4, -0.2) is 48.1 Å². The van der Waals surface area contributed by atoms with Gasteiger partial charge < -0.3 is 20.4 Å². The molecule has 6 nitrogen and oxygen atoms in total. The fourth-order valence-electron chi connectivity index (χ4n) is 3.60. The van der Waals surface area contributed by atoms with Gasteiger partial charge in [0.1, 0.15) is 18.0 Å². The largest absolute Gasteiger partial charge is 0.369 e. The van der Waals surface area contributed by atoms with Crippen LogP contribution in [0.4, 0.5) is 28.7 Å². The molecule has 6 heteroatoms. The normalized spacial score (nSPS) is 14.7. The first-order valence-electron chi connectivity index (χ1n) is 10.0. The minimum atomic E-state index is 0.765. The number of hydrogen-bond acceptors (Lipinski definition) is 6. The van der Waals surface area contributed by atoms with E-state index in [1.165, 1.54) is 16.8 Å². The molecule has 29 heavy (non-hydrogen) atoms. The van der Waals surface area contributed by atoms with Gasteiger partial charge in [-0.05, 0) is 56.3 Å². The van der Waals surface area contributed by atoms with Crippen molar-refractivity contribution in [3.8, 4) is 0 Å². The molecule has 0 amide bonds. The maximum absolute atomic E-state index is 4.37. The summed E-state index contributed by atoms with van der Waals surface area (Å²) in [5.41, 5.74) is 5.76. The van der Waals surface area contributed by atoms with Crippen LogP contribution in [0.2, 0.25) is 0 Å². The Balaban J connectivity index is 1.44. The minimum Gasteiger partial charge on any atom is -0.369 e. The summed E-state index contributed by atoms with van der Waals surface area (Å²) < 4.78 is 0. The fourth-order valence-corrected chi connectivity index (χ4v) is 3.60. The predicted octanol–water partition coefficient (Wildman–Crippen LogP) is 4.33. The first kappa shape index (κ1) is 19.2. The Morgan fingerprint density at radius 2 is 1.41 bits per heavy atom. The molecule has 0 spiro atoms. The Morgan fingerprint density at radius 3 is 2.07 bits per heavy atom. The molecule has 1 fully saturated rings. The van der Waals surface area contributed by atoms with Gasteiger partial charge in [0.15, 0.2) is 0 Å². The summed E-state index contributed by atoms with van der Waals surface area (Å²) in [7, 11) is 2.18. The van der Waals surface area contributed by atoms with Crippen LogP contribution in [0.1, 0.15) is 11.1 Å². The zero-order valence-electron chi connectivity index (χ0n) is 17.3. The number of nitrogens with one attached hydrogen (secondary N) is 2. The van der Waals surface area contributed by atoms with Crippen LogP contribution in [0, 0.1) is 13.8 Å². The van der Waals surface area contributed by atoms with E-state index in [1.807, 2.05) is 6.07 Å². The van der Waals surface area contributed by atoms with E-state index in [0.717, 1.165) is 49.2 Å². The van der Waals surface area contributed by atoms with Gasteiger partial charge in [0.05, 0.1) is 0 Å². The van der Waals surface area contributed by atoms with Crippen LogP contribution >= 0.6 is 0 Å². The average molecular weight is 389 g/mol. The summed E-state index contributed by atoms with van der Waals surface area (Å²) in [6, 6.07) is 16.7. The van der Waals surface area contributed by atoms with Gasteiger partial charge in [-0.15, -0.1) is 0 Å². The molecule has 0 unspecified atom stereocenters. The zero-order chi connectivity index (χ0) is 20.2. The lowest BCUT2D eigenvalue weighted by Crippen LogP contribution is -2.44. The van der Waals surface area contributed by atoms with Gasteiger partial charge in [-0.3, -0.25) is 0 Å². The van der Waals surface area contributed by atoms with Crippen molar-refractivity contribution in [1.82, 2.24) is 14.9 Å². The number of rotatable bonds is 5. The number of likely N-dealkylation sites (N-methyl/N-ethyl adjacent to an activating group) is 1. The van der Waals surface area contributed by atoms with E-state index in [1.54, 1.807) is 6.33 Å². The average Bonchev–Trinajstić information content (AvgIpc) is 2.72. The summed E-state index contributed by atoms with van der Waals surface area (Å²) in [5, 5.41) is 6.80. The van der Waals surface area contributed by atoms with E-state index in [0.29, 0.717) is 0 Å². The Hall–Kier alpha value is -3.12. The summed E-state index contributed by atoms with van der Waals surface area (Å²) in [4.78, 5) is 13.5. The van der Waals surface area contributed by atoms with E-state index in [9.17, 15) is 0 Å². The smallest absolute Gasteiger partial charge is 0.135 e. The maximum atomic E-state index is 4.37. The maximum Gasteiger partial charge on any atom is 0.135 e. The van der Waals surface area contributed by atoms with Crippen LogP contribution in [0.5, 0.6) is 0 Å². The number of benzene rings is 2. The van der Waals surface area contributed by atoms with Gasteiger partial charge >= 0.3 is 0 Å². The van der Waals surface area contributed by atoms with Crippen molar-refractivity contribution in [2.24, 2.45) is 0 Å². The van der Waals surface area contributed by atoms with Crippen LogP contribution in [0.15, 0.2) is 54.9 Å². The van der Waals surface area contributed by atoms with Gasteiger partial charge in [-0.1, -0.05) is 18.2 Å². The summed E-state index contributed by atoms with van der Waals surface area (Å²) >= 11 is 0. The van der Waals surface area contributed by atoms with Crippen molar-refractivity contribution >= 4 is 28.7 Å². The lowest BCUT2D eigenvalue weighted by atomic mass is 10.1. The summed E-state index contributed by atoms with van der Waals surface area (Å²) in [6.07, 6.45) is 1.58. The number of aryl methyl sites for hydroxylation is 2. The van der Waals surface area contributed by atoms with Crippen LogP contribution in [0.25, 0.3) is 0 Å². The van der Waals surface area contributed by atoms with Crippen molar-refractivity contribution in [3.63, 3.8) is 0 Å². The molecule has 4 rings (SSSR count). The highest BCUT2D eigenvalue weighted by Crippen LogP contribution is 2.25. The third kappa shape index (κ3) is 4.66. The highest BCUT2D eigenvalue weighted by Gasteiger charge is 2.14. The predicted molar refractivity (Wildman–Crippen MR) is 121 cm³/mol. The van der Waals surface area contributed by atoms with Crippen LogP contribution in [-0.2, 0) is 0 Å². The summed E-state index contributed by atoms with van der Waals surface area (Å²) in [6.45, 7) is 8.55. The van der Waals surface area contributed by atoms with Crippen molar-refractivity contribution in [2.45, 2.75) is 13.8 Å². The van der Waals surface area contributed by atoms with Crippen molar-refractivity contribution in [1.29, 1.82) is 0 Å². The van der Waals surface area contributed by atoms with E-state index in [2.05, 4.69) is 93.8 Å². The molecule has 0 aliphatic carbocycles. The molecule has 1 aromatic heterocycles. The van der Waals surface area contributed by atoms with Crippen LogP contribution < -0.4 is 15.5 Å². The lowest BCUT2D eigenvalue weighted by Gasteiger charge is -2.34. The molecule has 1 aliphatic heterocycles. The Bertz CT molecular complexity index is 941. The van der Waals surface area contributed by atoms with Gasteiger partial charge in [-0.2, -0.15) is 0 Å². The van der Waals surface area contributed by atoms with Crippen molar-refractivity contribution < 1.29 is 0 Å². The number of para-hydroxylation sites is 1. The Kier molecular flexibility index (Phi) is 5.62. The summed E-state index contributed by atoms with van der Waals surface area (Å²) in [5.74, 6) is 1.54. The molecule has 0 saturated carbocycles. The number of piperazine rings is 1. The monoisotopic (exact) mass is 388 g/mol. The van der Waals surface area contributed by atoms with E-state index in [-0.39, 0.29) is 0 Å². The second kappa shape index (κ2) is 8.49. The van der Waals surface area contributed by atoms with Crippen molar-refractivity contribution in [3.05, 3.63) is 66.0 Å². The molecule has 2 aromatic carbocycles. The standard InChI is InChI=1S/C23H28N6/c1-17-5-4-6-18(2)23(17)27-22-15-21(24-16-25-22)26-19-7-9-20(10-8-19)29-13-11-28(3)12-14-29/h4-10,15-16H,11-14H2,1-3H3,(H2,24,25,26,27). The molecule has 2 N–H and O–H groups in total.